The van der Waals surface area contributed by atoms with E-state index in [4.69, 9.17) is 4.55 Å². The Kier molecular flexibility index (Phi) is 14.0. The molecule has 0 saturated carbocycles. The maximum absolute atomic E-state index is 8.48. The van der Waals surface area contributed by atoms with Crippen LogP contribution in [0.25, 0.3) is 0 Å². The lowest BCUT2D eigenvalue weighted by Gasteiger charge is -2.03. The molecule has 0 bridgehead atoms. The maximum Gasteiger partial charge on any atom is 0.0207 e. The quantitative estimate of drug-likeness (QED) is 0.328. The summed E-state index contributed by atoms with van der Waals surface area (Å²) in [7, 11) is 0.320. The van der Waals surface area contributed by atoms with Crippen LogP contribution >= 0.6 is 12.0 Å². The van der Waals surface area contributed by atoms with Crippen molar-refractivity contribution in [3.8, 4) is 0 Å². The van der Waals surface area contributed by atoms with Gasteiger partial charge in [-0.2, -0.15) is 0 Å². The second-order valence-corrected chi connectivity index (χ2v) is 6.79. The van der Waals surface area contributed by atoms with Gasteiger partial charge in [0.2, 0.25) is 0 Å². The molecule has 2 nitrogen and oxygen atoms in total. The van der Waals surface area contributed by atoms with Crippen molar-refractivity contribution in [1.82, 2.24) is 5.32 Å². The molecule has 0 spiro atoms. The standard InChI is InChI=1S/C10H25NOSSi/c1-2-14-10-5-3-4-7-11-8-6-9-13-12/h11-12H,2-10,14H2,1H3. The Morgan fingerprint density at radius 1 is 1.14 bits per heavy atom. The molecule has 0 amide bonds. The van der Waals surface area contributed by atoms with Crippen LogP contribution in [0.5, 0.6) is 0 Å². The monoisotopic (exact) mass is 235 g/mol. The van der Waals surface area contributed by atoms with Crippen LogP contribution in [0.2, 0.25) is 12.1 Å². The fourth-order valence-corrected chi connectivity index (χ4v) is 2.90. The van der Waals surface area contributed by atoms with Gasteiger partial charge in [-0.1, -0.05) is 31.9 Å². The highest BCUT2D eigenvalue weighted by Gasteiger charge is 1.91. The first-order chi connectivity index (χ1) is 6.91. The van der Waals surface area contributed by atoms with Crippen LogP contribution in [0.3, 0.4) is 0 Å². The molecule has 0 atom stereocenters. The van der Waals surface area contributed by atoms with Gasteiger partial charge in [-0.3, -0.25) is 0 Å². The molecule has 0 aliphatic rings. The third-order valence-corrected chi connectivity index (χ3v) is 4.47. The fraction of sp³-hybridized carbons (Fsp3) is 1.00. The molecule has 4 heteroatoms. The summed E-state index contributed by atoms with van der Waals surface area (Å²) < 4.78 is 8.48. The van der Waals surface area contributed by atoms with Crippen molar-refractivity contribution < 1.29 is 4.55 Å². The molecule has 0 heterocycles. The van der Waals surface area contributed by atoms with Crippen molar-refractivity contribution >= 4 is 21.6 Å². The Balaban J connectivity index is 2.78. The van der Waals surface area contributed by atoms with Crippen molar-refractivity contribution in [2.24, 2.45) is 0 Å². The molecule has 86 valence electrons. The van der Waals surface area contributed by atoms with E-state index in [1.54, 1.807) is 0 Å². The van der Waals surface area contributed by atoms with E-state index in [9.17, 15) is 0 Å². The van der Waals surface area contributed by atoms with Crippen LogP contribution in [0, 0.1) is 0 Å². The van der Waals surface area contributed by atoms with Crippen LogP contribution in [-0.4, -0.2) is 32.9 Å². The summed E-state index contributed by atoms with van der Waals surface area (Å²) in [5, 5.41) is 3.40. The number of nitrogens with one attached hydrogen (secondary N) is 1. The van der Waals surface area contributed by atoms with Crippen molar-refractivity contribution in [3.63, 3.8) is 0 Å². The van der Waals surface area contributed by atoms with Crippen molar-refractivity contribution in [2.45, 2.75) is 44.7 Å². The van der Waals surface area contributed by atoms with Gasteiger partial charge in [-0.25, -0.2) is 0 Å². The highest BCUT2D eigenvalue weighted by atomic mass is 32.2. The maximum atomic E-state index is 8.48. The lowest BCUT2D eigenvalue weighted by Crippen LogP contribution is -2.17. The minimum atomic E-state index is 0.320. The molecule has 14 heavy (non-hydrogen) atoms. The molecule has 0 fully saturated rings. The van der Waals surface area contributed by atoms with Crippen LogP contribution < -0.4 is 5.32 Å². The summed E-state index contributed by atoms with van der Waals surface area (Å²) in [5.41, 5.74) is 0. The van der Waals surface area contributed by atoms with Gasteiger partial charge in [-0.15, -0.1) is 0 Å². The topological polar surface area (TPSA) is 32.3 Å². The Morgan fingerprint density at radius 2 is 1.93 bits per heavy atom. The molecule has 2 N–H and O–H groups in total. The smallest absolute Gasteiger partial charge is 0.0207 e. The minimum Gasteiger partial charge on any atom is -0.330 e. The normalized spacial score (nSPS) is 11.6. The highest BCUT2D eigenvalue weighted by molar-refractivity contribution is 7.93. The Hall–Kier alpha value is 0.487. The van der Waals surface area contributed by atoms with Crippen molar-refractivity contribution in [2.75, 3.05) is 18.8 Å². The van der Waals surface area contributed by atoms with Gasteiger partial charge >= 0.3 is 0 Å². The molecular formula is C10H25NOSSi. The summed E-state index contributed by atoms with van der Waals surface area (Å²) in [5.74, 6) is 0.856. The molecule has 0 aliphatic heterocycles. The first kappa shape index (κ1) is 14.5. The van der Waals surface area contributed by atoms with E-state index < -0.39 is 0 Å². The van der Waals surface area contributed by atoms with Crippen molar-refractivity contribution in [1.29, 1.82) is 0 Å². The number of unbranched alkanes of at least 4 members (excludes halogenated alkanes) is 2. The van der Waals surface area contributed by atoms with Crippen LogP contribution in [0.1, 0.15) is 32.6 Å². The zero-order chi connectivity index (χ0) is 10.5. The molecule has 0 aromatic heterocycles. The lowest BCUT2D eigenvalue weighted by molar-refractivity contribution is 0.607. The largest absolute Gasteiger partial charge is 0.330 e. The van der Waals surface area contributed by atoms with E-state index in [2.05, 4.69) is 12.2 Å². The van der Waals surface area contributed by atoms with Gasteiger partial charge in [0.15, 0.2) is 0 Å². The summed E-state index contributed by atoms with van der Waals surface area (Å²) in [4.78, 5) is 0. The molecule has 0 radical (unpaired) electrons. The number of hydrogen-bond acceptors (Lipinski definition) is 3. The molecule has 0 aromatic rings. The predicted octanol–water partition coefficient (Wildman–Crippen LogP) is 2.37. The minimum absolute atomic E-state index is 0.320. The van der Waals surface area contributed by atoms with E-state index in [-0.39, 0.29) is 0 Å². The second kappa shape index (κ2) is 13.5. The average molecular weight is 235 g/mol. The molecule has 0 unspecified atom stereocenters. The van der Waals surface area contributed by atoms with Gasteiger partial charge < -0.3 is 9.87 Å². The van der Waals surface area contributed by atoms with Gasteiger partial charge in [0, 0.05) is 15.3 Å². The first-order valence-corrected chi connectivity index (χ1v) is 8.83. The predicted molar refractivity (Wildman–Crippen MR) is 70.3 cm³/mol. The van der Waals surface area contributed by atoms with Gasteiger partial charge in [0.1, 0.15) is 0 Å². The van der Waals surface area contributed by atoms with Crippen LogP contribution in [0.4, 0.5) is 0 Å². The van der Waals surface area contributed by atoms with Crippen LogP contribution in [0.15, 0.2) is 0 Å². The zero-order valence-corrected chi connectivity index (χ0v) is 11.7. The summed E-state index contributed by atoms with van der Waals surface area (Å²) in [6.07, 6.45) is 5.25. The van der Waals surface area contributed by atoms with E-state index in [0.717, 1.165) is 37.3 Å². The fourth-order valence-electron chi connectivity index (χ4n) is 1.42. The Bertz CT molecular complexity index is 94.1. The molecule has 0 aliphatic carbocycles. The van der Waals surface area contributed by atoms with E-state index in [1.807, 2.05) is 0 Å². The third-order valence-electron chi connectivity index (χ3n) is 2.30. The number of rotatable bonds is 11. The lowest BCUT2D eigenvalue weighted by atomic mass is 10.2. The Morgan fingerprint density at radius 3 is 2.64 bits per heavy atom. The highest BCUT2D eigenvalue weighted by Crippen LogP contribution is 2.00. The van der Waals surface area contributed by atoms with E-state index in [1.165, 1.54) is 31.4 Å². The van der Waals surface area contributed by atoms with Crippen molar-refractivity contribution in [3.05, 3.63) is 0 Å². The Labute approximate surface area is 95.3 Å². The third kappa shape index (κ3) is 12.5. The first-order valence-electron chi connectivity index (χ1n) is 5.89. The second-order valence-electron chi connectivity index (χ2n) is 3.70. The van der Waals surface area contributed by atoms with Crippen LogP contribution in [-0.2, 0) is 0 Å². The molecule has 0 saturated heterocycles. The zero-order valence-electron chi connectivity index (χ0n) is 9.43. The van der Waals surface area contributed by atoms with E-state index >= 15 is 0 Å². The van der Waals surface area contributed by atoms with Gasteiger partial charge in [-0.05, 0) is 38.0 Å². The SMILES string of the molecule is CC[SiH2]CCCCCNCCCSO. The molecular weight excluding hydrogens is 210 g/mol. The summed E-state index contributed by atoms with van der Waals surface area (Å²) in [6, 6.07) is 3.01. The van der Waals surface area contributed by atoms with Gasteiger partial charge in [0.05, 0.1) is 0 Å². The summed E-state index contributed by atoms with van der Waals surface area (Å²) in [6.45, 7) is 4.52. The summed E-state index contributed by atoms with van der Waals surface area (Å²) >= 11 is 0.944. The van der Waals surface area contributed by atoms with Gasteiger partial charge in [0.25, 0.3) is 0 Å². The number of hydrogen-bond donors (Lipinski definition) is 2. The average Bonchev–Trinajstić information content (AvgIpc) is 2.21. The molecule has 0 rings (SSSR count). The van der Waals surface area contributed by atoms with E-state index in [0.29, 0.717) is 9.52 Å². The molecule has 0 aromatic carbocycles.